The van der Waals surface area contributed by atoms with Crippen LogP contribution in [0, 0.1) is 20.8 Å². The van der Waals surface area contributed by atoms with Gasteiger partial charge < -0.3 is 0 Å². The highest BCUT2D eigenvalue weighted by molar-refractivity contribution is 6.09. The minimum Gasteiger partial charge on any atom is -0.0616 e. The molecule has 4 rings (SSSR count). The van der Waals surface area contributed by atoms with Gasteiger partial charge in [0.1, 0.15) is 0 Å². The Balaban J connectivity index is 2.07. The summed E-state index contributed by atoms with van der Waals surface area (Å²) in [4.78, 5) is 0. The van der Waals surface area contributed by atoms with E-state index in [4.69, 9.17) is 0 Å². The van der Waals surface area contributed by atoms with E-state index in [1.54, 1.807) is 0 Å². The zero-order valence-electron chi connectivity index (χ0n) is 11.5. The predicted molar refractivity (Wildman–Crippen MR) is 82.6 cm³/mol. The van der Waals surface area contributed by atoms with Gasteiger partial charge in [0.2, 0.25) is 0 Å². The van der Waals surface area contributed by atoms with Crippen LogP contribution in [-0.4, -0.2) is 0 Å². The second kappa shape index (κ2) is 3.48. The van der Waals surface area contributed by atoms with Crippen molar-refractivity contribution in [2.45, 2.75) is 20.8 Å². The Labute approximate surface area is 113 Å². The summed E-state index contributed by atoms with van der Waals surface area (Å²) in [6.07, 6.45) is 0. The Morgan fingerprint density at radius 3 is 1.95 bits per heavy atom. The zero-order chi connectivity index (χ0) is 13.1. The van der Waals surface area contributed by atoms with Crippen LogP contribution in [0.15, 0.2) is 42.5 Å². The fourth-order valence-corrected chi connectivity index (χ4v) is 3.25. The van der Waals surface area contributed by atoms with Crippen LogP contribution in [0.4, 0.5) is 0 Å². The van der Waals surface area contributed by atoms with Crippen molar-refractivity contribution in [1.29, 1.82) is 0 Å². The lowest BCUT2D eigenvalue weighted by molar-refractivity contribution is 1.26. The van der Waals surface area contributed by atoms with Gasteiger partial charge in [-0.1, -0.05) is 30.3 Å². The smallest absolute Gasteiger partial charge is 0.00666 e. The first-order valence-electron chi connectivity index (χ1n) is 6.81. The number of hydrogen-bond donors (Lipinski definition) is 0. The molecule has 0 aromatic heterocycles. The van der Waals surface area contributed by atoms with Crippen LogP contribution in [0.3, 0.4) is 0 Å². The van der Waals surface area contributed by atoms with Crippen LogP contribution >= 0.6 is 0 Å². The molecule has 19 heavy (non-hydrogen) atoms. The molecule has 0 fully saturated rings. The van der Waals surface area contributed by atoms with Gasteiger partial charge in [0.05, 0.1) is 0 Å². The lowest BCUT2D eigenvalue weighted by Gasteiger charge is -2.29. The predicted octanol–water partition coefficient (Wildman–Crippen LogP) is 5.41. The van der Waals surface area contributed by atoms with Crippen LogP contribution < -0.4 is 0 Å². The second-order valence-electron chi connectivity index (χ2n) is 5.61. The highest BCUT2D eigenvalue weighted by Crippen LogP contribution is 2.51. The lowest BCUT2D eigenvalue weighted by atomic mass is 9.75. The fraction of sp³-hybridized carbons (Fsp3) is 0.158. The van der Waals surface area contributed by atoms with Crippen molar-refractivity contribution >= 4 is 10.8 Å². The Kier molecular flexibility index (Phi) is 1.98. The van der Waals surface area contributed by atoms with Crippen molar-refractivity contribution in [3.05, 3.63) is 59.2 Å². The summed E-state index contributed by atoms with van der Waals surface area (Å²) in [5, 5.41) is 2.67. The van der Waals surface area contributed by atoms with Crippen LogP contribution in [-0.2, 0) is 0 Å². The molecule has 0 heterocycles. The summed E-state index contributed by atoms with van der Waals surface area (Å²) < 4.78 is 0. The van der Waals surface area contributed by atoms with Crippen molar-refractivity contribution in [3.63, 3.8) is 0 Å². The van der Waals surface area contributed by atoms with Crippen molar-refractivity contribution < 1.29 is 0 Å². The van der Waals surface area contributed by atoms with Gasteiger partial charge in [-0.15, -0.1) is 0 Å². The van der Waals surface area contributed by atoms with E-state index in [0.29, 0.717) is 0 Å². The van der Waals surface area contributed by atoms with Gasteiger partial charge in [-0.2, -0.15) is 0 Å². The topological polar surface area (TPSA) is 0 Å². The number of fused-ring (bicyclic) bond motifs is 5. The number of rotatable bonds is 0. The molecule has 0 spiro atoms. The summed E-state index contributed by atoms with van der Waals surface area (Å²) in [7, 11) is 0. The summed E-state index contributed by atoms with van der Waals surface area (Å²) in [5.41, 5.74) is 10.0. The maximum absolute atomic E-state index is 2.34. The number of benzene rings is 3. The van der Waals surface area contributed by atoms with E-state index in [9.17, 15) is 0 Å². The van der Waals surface area contributed by atoms with E-state index in [2.05, 4.69) is 63.2 Å². The standard InChI is InChI=1S/C19H16/c1-11-8-17-16-9-14-6-4-5-7-15(14)10-18(16)19(17)13(3)12(11)2/h4-10H,1-3H3. The molecule has 0 saturated carbocycles. The van der Waals surface area contributed by atoms with Crippen LogP contribution in [0.2, 0.25) is 0 Å². The Bertz CT molecular complexity index is 838. The molecule has 0 atom stereocenters. The molecule has 0 bridgehead atoms. The number of hydrogen-bond acceptors (Lipinski definition) is 0. The third kappa shape index (κ3) is 1.29. The maximum atomic E-state index is 2.34. The van der Waals surface area contributed by atoms with Crippen LogP contribution in [0.1, 0.15) is 16.7 Å². The molecule has 92 valence electrons. The third-order valence-electron chi connectivity index (χ3n) is 4.60. The van der Waals surface area contributed by atoms with E-state index in [0.717, 1.165) is 0 Å². The van der Waals surface area contributed by atoms with Crippen molar-refractivity contribution in [2.24, 2.45) is 0 Å². The first-order chi connectivity index (χ1) is 9.16. The highest BCUT2D eigenvalue weighted by atomic mass is 14.3. The Morgan fingerprint density at radius 1 is 0.632 bits per heavy atom. The van der Waals surface area contributed by atoms with Crippen molar-refractivity contribution in [3.8, 4) is 22.3 Å². The molecule has 3 aromatic carbocycles. The molecule has 3 aromatic rings. The molecule has 0 aliphatic heterocycles. The summed E-state index contributed by atoms with van der Waals surface area (Å²) in [6.45, 7) is 6.69. The molecular formula is C19H16. The van der Waals surface area contributed by atoms with E-state index in [-0.39, 0.29) is 0 Å². The van der Waals surface area contributed by atoms with Gasteiger partial charge >= 0.3 is 0 Å². The Morgan fingerprint density at radius 2 is 1.26 bits per heavy atom. The number of aryl methyl sites for hydroxylation is 1. The monoisotopic (exact) mass is 244 g/mol. The average molecular weight is 244 g/mol. The maximum Gasteiger partial charge on any atom is -0.00666 e. The van der Waals surface area contributed by atoms with Gasteiger partial charge in [-0.05, 0) is 82.6 Å². The fourth-order valence-electron chi connectivity index (χ4n) is 3.25. The second-order valence-corrected chi connectivity index (χ2v) is 5.61. The van der Waals surface area contributed by atoms with Crippen molar-refractivity contribution in [2.75, 3.05) is 0 Å². The molecule has 0 saturated heterocycles. The lowest BCUT2D eigenvalue weighted by Crippen LogP contribution is -2.04. The largest absolute Gasteiger partial charge is 0.0616 e. The minimum atomic E-state index is 1.34. The van der Waals surface area contributed by atoms with Crippen molar-refractivity contribution in [1.82, 2.24) is 0 Å². The molecule has 1 aliphatic carbocycles. The van der Waals surface area contributed by atoms with E-state index in [1.165, 1.54) is 49.7 Å². The van der Waals surface area contributed by atoms with E-state index >= 15 is 0 Å². The van der Waals surface area contributed by atoms with Gasteiger partial charge in [-0.25, -0.2) is 0 Å². The normalized spacial score (nSPS) is 11.9. The average Bonchev–Trinajstić information content (AvgIpc) is 2.42. The molecule has 0 heteroatoms. The third-order valence-corrected chi connectivity index (χ3v) is 4.60. The van der Waals surface area contributed by atoms with E-state index in [1.807, 2.05) is 0 Å². The molecule has 0 amide bonds. The minimum absolute atomic E-state index is 1.34. The van der Waals surface area contributed by atoms with Gasteiger partial charge in [-0.3, -0.25) is 0 Å². The quantitative estimate of drug-likeness (QED) is 0.388. The first-order valence-corrected chi connectivity index (χ1v) is 6.81. The van der Waals surface area contributed by atoms with Crippen LogP contribution in [0.25, 0.3) is 33.0 Å². The molecule has 0 nitrogen and oxygen atoms in total. The molecule has 0 unspecified atom stereocenters. The molecule has 0 N–H and O–H groups in total. The molecular weight excluding hydrogens is 228 g/mol. The summed E-state index contributed by atoms with van der Waals surface area (Å²) in [6, 6.07) is 15.6. The van der Waals surface area contributed by atoms with Gasteiger partial charge in [0, 0.05) is 0 Å². The highest BCUT2D eigenvalue weighted by Gasteiger charge is 2.26. The van der Waals surface area contributed by atoms with Gasteiger partial charge in [0.15, 0.2) is 0 Å². The SMILES string of the molecule is Cc1cc2c(c(C)c1C)-c1cc3ccccc3cc1-2. The van der Waals surface area contributed by atoms with Crippen LogP contribution in [0.5, 0.6) is 0 Å². The summed E-state index contributed by atoms with van der Waals surface area (Å²) in [5.74, 6) is 0. The zero-order valence-corrected chi connectivity index (χ0v) is 11.5. The Hall–Kier alpha value is -2.08. The molecule has 0 radical (unpaired) electrons. The first kappa shape index (κ1) is 10.8. The molecule has 1 aliphatic rings. The summed E-state index contributed by atoms with van der Waals surface area (Å²) >= 11 is 0. The van der Waals surface area contributed by atoms with Gasteiger partial charge in [0.25, 0.3) is 0 Å². The van der Waals surface area contributed by atoms with E-state index < -0.39 is 0 Å².